The predicted octanol–water partition coefficient (Wildman–Crippen LogP) is 4.37. The number of fused-ring (bicyclic) bond motifs is 1. The molecule has 10 heteroatoms. The van der Waals surface area contributed by atoms with Gasteiger partial charge in [-0.2, -0.15) is 11.8 Å². The van der Waals surface area contributed by atoms with Crippen LogP contribution in [0, 0.1) is 0 Å². The number of carbonyl (C=O) groups is 1. The summed E-state index contributed by atoms with van der Waals surface area (Å²) in [6, 6.07) is 12.2. The van der Waals surface area contributed by atoms with Crippen molar-refractivity contribution in [3.05, 3.63) is 58.9 Å². The number of rotatable bonds is 7. The molecule has 2 heterocycles. The Morgan fingerprint density at radius 3 is 2.84 bits per heavy atom. The van der Waals surface area contributed by atoms with E-state index in [0.29, 0.717) is 41.5 Å². The first kappa shape index (κ1) is 22.9. The molecule has 0 unspecified atom stereocenters. The number of benzene rings is 2. The van der Waals surface area contributed by atoms with Crippen LogP contribution in [0.3, 0.4) is 0 Å². The third-order valence-electron chi connectivity index (χ3n) is 5.48. The molecule has 1 aliphatic heterocycles. The molecule has 2 aromatic carbocycles. The highest BCUT2D eigenvalue weighted by Crippen LogP contribution is 2.32. The van der Waals surface area contributed by atoms with E-state index < -0.39 is 10.0 Å². The van der Waals surface area contributed by atoms with Crippen molar-refractivity contribution in [3.63, 3.8) is 0 Å². The van der Waals surface area contributed by atoms with Gasteiger partial charge in [0.05, 0.1) is 33.5 Å². The van der Waals surface area contributed by atoms with Gasteiger partial charge in [-0.15, -0.1) is 0 Å². The van der Waals surface area contributed by atoms with E-state index >= 15 is 0 Å². The first-order valence-corrected chi connectivity index (χ1v) is 13.8. The molecule has 1 saturated heterocycles. The Morgan fingerprint density at radius 2 is 2.09 bits per heavy atom. The average molecular weight is 493 g/mol. The lowest BCUT2D eigenvalue weighted by atomic mass is 10.1. The van der Waals surface area contributed by atoms with E-state index in [9.17, 15) is 13.2 Å². The van der Waals surface area contributed by atoms with E-state index in [2.05, 4.69) is 15.3 Å². The number of nitrogens with zero attached hydrogens (tertiary/aromatic N) is 2. The highest BCUT2D eigenvalue weighted by molar-refractivity contribution is 7.98. The molecule has 1 atom stereocenters. The molecular formula is C22H25ClN4O3S2. The fourth-order valence-electron chi connectivity index (χ4n) is 3.80. The summed E-state index contributed by atoms with van der Waals surface area (Å²) in [5.41, 5.74) is 2.46. The Hall–Kier alpha value is -2.23. The van der Waals surface area contributed by atoms with Crippen LogP contribution < -0.4 is 9.62 Å². The van der Waals surface area contributed by atoms with Crippen LogP contribution in [0.25, 0.3) is 11.0 Å². The van der Waals surface area contributed by atoms with Crippen LogP contribution in [-0.2, 0) is 10.0 Å². The largest absolute Gasteiger partial charge is 0.342 e. The van der Waals surface area contributed by atoms with Gasteiger partial charge in [0.25, 0.3) is 5.91 Å². The van der Waals surface area contributed by atoms with E-state index in [1.807, 2.05) is 30.5 Å². The van der Waals surface area contributed by atoms with Gasteiger partial charge in [-0.1, -0.05) is 23.7 Å². The Bertz CT molecular complexity index is 1200. The number of thioether (sulfide) groups is 1. The van der Waals surface area contributed by atoms with E-state index in [0.717, 1.165) is 23.2 Å². The lowest BCUT2D eigenvalue weighted by Crippen LogP contribution is -2.38. The van der Waals surface area contributed by atoms with Gasteiger partial charge in [-0.25, -0.2) is 13.4 Å². The minimum absolute atomic E-state index is 0.0859. The Morgan fingerprint density at radius 1 is 1.28 bits per heavy atom. The van der Waals surface area contributed by atoms with Crippen molar-refractivity contribution < 1.29 is 13.2 Å². The van der Waals surface area contributed by atoms with Crippen molar-refractivity contribution >= 4 is 56.0 Å². The maximum absolute atomic E-state index is 13.1. The van der Waals surface area contributed by atoms with Crippen molar-refractivity contribution in [2.75, 3.05) is 28.6 Å². The number of halogens is 1. The van der Waals surface area contributed by atoms with Crippen LogP contribution in [0.5, 0.6) is 0 Å². The van der Waals surface area contributed by atoms with Crippen LogP contribution in [0.2, 0.25) is 5.02 Å². The van der Waals surface area contributed by atoms with Crippen molar-refractivity contribution in [1.82, 2.24) is 15.3 Å². The number of H-pyrrole nitrogens is 1. The second kappa shape index (κ2) is 9.72. The second-order valence-corrected chi connectivity index (χ2v) is 11.1. The molecule has 170 valence electrons. The van der Waals surface area contributed by atoms with Crippen LogP contribution in [0.15, 0.2) is 42.5 Å². The molecular weight excluding hydrogens is 468 g/mol. The first-order valence-electron chi connectivity index (χ1n) is 10.4. The summed E-state index contributed by atoms with van der Waals surface area (Å²) in [5, 5.41) is 3.37. The monoisotopic (exact) mass is 492 g/mol. The first-order chi connectivity index (χ1) is 15.4. The highest BCUT2D eigenvalue weighted by atomic mass is 35.5. The number of sulfonamides is 1. The van der Waals surface area contributed by atoms with Gasteiger partial charge in [-0.05, 0) is 61.6 Å². The number of carbonyl (C=O) groups excluding carboxylic acids is 1. The lowest BCUT2D eigenvalue weighted by molar-refractivity contribution is 0.0934. The number of aromatic amines is 1. The molecule has 0 aliphatic carbocycles. The fourth-order valence-corrected chi connectivity index (χ4v) is 6.18. The lowest BCUT2D eigenvalue weighted by Gasteiger charge is -2.29. The van der Waals surface area contributed by atoms with Gasteiger partial charge in [-0.3, -0.25) is 9.10 Å². The Kier molecular flexibility index (Phi) is 6.97. The normalized spacial score (nSPS) is 16.8. The smallest absolute Gasteiger partial charge is 0.251 e. The number of imidazole rings is 1. The summed E-state index contributed by atoms with van der Waals surface area (Å²) >= 11 is 8.01. The van der Waals surface area contributed by atoms with E-state index in [1.165, 1.54) is 4.31 Å². The van der Waals surface area contributed by atoms with E-state index in [1.54, 1.807) is 30.0 Å². The number of amides is 1. The molecule has 3 aromatic rings. The second-order valence-electron chi connectivity index (χ2n) is 7.71. The number of nitrogens with one attached hydrogen (secondary N) is 2. The number of anilines is 1. The number of hydrogen-bond donors (Lipinski definition) is 2. The summed E-state index contributed by atoms with van der Waals surface area (Å²) < 4.78 is 26.4. The van der Waals surface area contributed by atoms with Crippen molar-refractivity contribution in [2.24, 2.45) is 0 Å². The fraction of sp³-hybridized carbons (Fsp3) is 0.364. The predicted molar refractivity (Wildman–Crippen MR) is 131 cm³/mol. The van der Waals surface area contributed by atoms with Gasteiger partial charge >= 0.3 is 0 Å². The van der Waals surface area contributed by atoms with Crippen LogP contribution >= 0.6 is 23.4 Å². The summed E-state index contributed by atoms with van der Waals surface area (Å²) in [5.74, 6) is 1.33. The van der Waals surface area contributed by atoms with E-state index in [-0.39, 0.29) is 17.7 Å². The Balaban J connectivity index is 1.60. The molecule has 2 N–H and O–H groups in total. The molecule has 1 amide bonds. The summed E-state index contributed by atoms with van der Waals surface area (Å²) in [6.45, 7) is 0.364. The third kappa shape index (κ3) is 4.89. The van der Waals surface area contributed by atoms with Crippen molar-refractivity contribution in [2.45, 2.75) is 25.3 Å². The molecule has 4 rings (SSSR count). The summed E-state index contributed by atoms with van der Waals surface area (Å²) in [6.07, 6.45) is 4.11. The number of hydrogen-bond acceptors (Lipinski definition) is 5. The molecule has 32 heavy (non-hydrogen) atoms. The molecule has 0 bridgehead atoms. The molecule has 0 radical (unpaired) electrons. The average Bonchev–Trinajstić information content (AvgIpc) is 3.21. The van der Waals surface area contributed by atoms with Crippen LogP contribution in [-0.4, -0.2) is 48.6 Å². The molecule has 1 aliphatic rings. The maximum atomic E-state index is 13.1. The molecule has 0 spiro atoms. The quantitative estimate of drug-likeness (QED) is 0.510. The zero-order valence-corrected chi connectivity index (χ0v) is 20.1. The third-order valence-corrected chi connectivity index (χ3v) is 8.30. The minimum atomic E-state index is -3.44. The highest BCUT2D eigenvalue weighted by Gasteiger charge is 2.28. The Labute approximate surface area is 197 Å². The van der Waals surface area contributed by atoms with Gasteiger partial charge in [0.15, 0.2) is 0 Å². The zero-order chi connectivity index (χ0) is 22.7. The van der Waals surface area contributed by atoms with Crippen molar-refractivity contribution in [3.8, 4) is 0 Å². The minimum Gasteiger partial charge on any atom is -0.342 e. The summed E-state index contributed by atoms with van der Waals surface area (Å²) in [4.78, 5) is 21.1. The molecule has 0 saturated carbocycles. The number of para-hydroxylation sites is 2. The zero-order valence-electron chi connectivity index (χ0n) is 17.7. The van der Waals surface area contributed by atoms with E-state index in [4.69, 9.17) is 11.6 Å². The molecule has 1 aromatic heterocycles. The van der Waals surface area contributed by atoms with Gasteiger partial charge in [0.2, 0.25) is 10.0 Å². The van der Waals surface area contributed by atoms with Crippen LogP contribution in [0.1, 0.15) is 41.5 Å². The number of aromatic nitrogens is 2. The van der Waals surface area contributed by atoms with Gasteiger partial charge in [0, 0.05) is 12.1 Å². The van der Waals surface area contributed by atoms with Crippen LogP contribution in [0.4, 0.5) is 5.69 Å². The van der Waals surface area contributed by atoms with Crippen molar-refractivity contribution in [1.29, 1.82) is 0 Å². The molecule has 1 fully saturated rings. The van der Waals surface area contributed by atoms with Gasteiger partial charge in [0.1, 0.15) is 5.82 Å². The molecule has 7 nitrogen and oxygen atoms in total. The standard InChI is InChI=1S/C22H25ClN4O3S2/c1-31-12-10-19(21-24-17-6-2-3-7-18(17)25-21)26-22(28)15-8-9-16(23)20(14-15)27-11-4-5-13-32(27,29)30/h2-3,6-9,14,19H,4-5,10-13H2,1H3,(H,24,25)(H,26,28)/t19-/m1/s1. The van der Waals surface area contributed by atoms with Gasteiger partial charge < -0.3 is 10.3 Å². The maximum Gasteiger partial charge on any atom is 0.251 e. The topological polar surface area (TPSA) is 95.2 Å². The summed E-state index contributed by atoms with van der Waals surface area (Å²) in [7, 11) is -3.44. The SMILES string of the molecule is CSCC[C@@H](NC(=O)c1ccc(Cl)c(N2CCCCS2(=O)=O)c1)c1nc2ccccc2[nH]1.